The summed E-state index contributed by atoms with van der Waals surface area (Å²) >= 11 is 0. The summed E-state index contributed by atoms with van der Waals surface area (Å²) in [5, 5.41) is 0. The third-order valence-corrected chi connectivity index (χ3v) is 3.72. The number of carbonyl (C=O) groups excluding carboxylic acids is 1. The molecule has 0 spiro atoms. The zero-order valence-corrected chi connectivity index (χ0v) is 12.8. The number of nitrogens with zero attached hydrogens (tertiary/aromatic N) is 4. The smallest absolute Gasteiger partial charge is 0.242 e. The molecule has 2 heterocycles. The van der Waals surface area contributed by atoms with Crippen molar-refractivity contribution < 1.29 is 13.9 Å². The largest absolute Gasteiger partial charge is 0.497 e. The van der Waals surface area contributed by atoms with Crippen LogP contribution in [0.15, 0.2) is 36.7 Å². The minimum absolute atomic E-state index is 0.00741. The number of carbonyl (C=O) groups is 1. The van der Waals surface area contributed by atoms with Crippen molar-refractivity contribution >= 4 is 11.9 Å². The van der Waals surface area contributed by atoms with Crippen molar-refractivity contribution in [3.8, 4) is 5.75 Å². The average Bonchev–Trinajstić information content (AvgIpc) is 2.57. The minimum Gasteiger partial charge on any atom is -0.497 e. The third kappa shape index (κ3) is 3.56. The number of methoxy groups -OCH3 is 1. The lowest BCUT2D eigenvalue weighted by molar-refractivity contribution is -0.131. The number of hydrogen-bond donors (Lipinski definition) is 0. The van der Waals surface area contributed by atoms with E-state index in [-0.39, 0.29) is 12.5 Å². The maximum Gasteiger partial charge on any atom is 0.242 e. The van der Waals surface area contributed by atoms with Crippen LogP contribution in [0.25, 0.3) is 0 Å². The number of piperazine rings is 1. The van der Waals surface area contributed by atoms with Crippen molar-refractivity contribution in [3.63, 3.8) is 0 Å². The lowest BCUT2D eigenvalue weighted by atomic mass is 10.2. The summed E-state index contributed by atoms with van der Waals surface area (Å²) in [5.41, 5.74) is 1.02. The van der Waals surface area contributed by atoms with Gasteiger partial charge in [0.2, 0.25) is 11.9 Å². The summed E-state index contributed by atoms with van der Waals surface area (Å²) in [6.07, 6.45) is 2.21. The summed E-state index contributed by atoms with van der Waals surface area (Å²) in [5.74, 6) is 0.651. The Balaban J connectivity index is 1.64. The molecule has 2 aromatic rings. The van der Waals surface area contributed by atoms with Crippen molar-refractivity contribution in [1.29, 1.82) is 0 Å². The molecule has 0 bridgehead atoms. The van der Waals surface area contributed by atoms with Gasteiger partial charge in [-0.25, -0.2) is 14.4 Å². The monoisotopic (exact) mass is 316 g/mol. The van der Waals surface area contributed by atoms with Gasteiger partial charge in [0.05, 0.1) is 19.5 Å². The highest BCUT2D eigenvalue weighted by atomic mass is 19.1. The molecule has 6 nitrogen and oxygen atoms in total. The summed E-state index contributed by atoms with van der Waals surface area (Å²) in [7, 11) is 1.62. The molecule has 0 atom stereocenters. The van der Waals surface area contributed by atoms with Gasteiger partial charge in [-0.15, -0.1) is 0 Å². The molecular formula is C16H17FN4O2. The SMILES string of the molecule is COc1cccc(CN2CCN(c3ncc(F)cn3)CC2=O)c1. The molecule has 0 N–H and O–H groups in total. The van der Waals surface area contributed by atoms with E-state index in [1.54, 1.807) is 16.9 Å². The molecule has 1 aliphatic heterocycles. The summed E-state index contributed by atoms with van der Waals surface area (Å²) in [6, 6.07) is 7.66. The summed E-state index contributed by atoms with van der Waals surface area (Å²) in [4.78, 5) is 23.7. The number of benzene rings is 1. The van der Waals surface area contributed by atoms with Crippen LogP contribution >= 0.6 is 0 Å². The first-order valence-corrected chi connectivity index (χ1v) is 7.29. The van der Waals surface area contributed by atoms with E-state index < -0.39 is 5.82 Å². The van der Waals surface area contributed by atoms with Crippen molar-refractivity contribution in [1.82, 2.24) is 14.9 Å². The molecule has 1 aromatic heterocycles. The predicted octanol–water partition coefficient (Wildman–Crippen LogP) is 1.47. The van der Waals surface area contributed by atoms with Crippen molar-refractivity contribution in [3.05, 3.63) is 48.0 Å². The van der Waals surface area contributed by atoms with E-state index in [2.05, 4.69) is 9.97 Å². The number of hydrogen-bond acceptors (Lipinski definition) is 5. The maximum absolute atomic E-state index is 12.9. The standard InChI is InChI=1S/C16H17FN4O2/c1-23-14-4-2-3-12(7-14)10-20-5-6-21(11-15(20)22)16-18-8-13(17)9-19-16/h2-4,7-9H,5-6,10-11H2,1H3. The van der Waals surface area contributed by atoms with E-state index in [4.69, 9.17) is 4.74 Å². The Morgan fingerprint density at radius 1 is 1.26 bits per heavy atom. The summed E-state index contributed by atoms with van der Waals surface area (Å²) in [6.45, 7) is 1.90. The van der Waals surface area contributed by atoms with Gasteiger partial charge in [-0.2, -0.15) is 0 Å². The Morgan fingerprint density at radius 2 is 2.04 bits per heavy atom. The fraction of sp³-hybridized carbons (Fsp3) is 0.312. The van der Waals surface area contributed by atoms with Crippen LogP contribution in [0, 0.1) is 5.82 Å². The Labute approximate surface area is 133 Å². The Hall–Kier alpha value is -2.70. The molecule has 3 rings (SSSR count). The van der Waals surface area contributed by atoms with Crippen LogP contribution in [0.2, 0.25) is 0 Å². The van der Waals surface area contributed by atoms with E-state index in [0.717, 1.165) is 23.7 Å². The highest BCUT2D eigenvalue weighted by Gasteiger charge is 2.25. The first-order valence-electron chi connectivity index (χ1n) is 7.29. The quantitative estimate of drug-likeness (QED) is 0.855. The first kappa shape index (κ1) is 15.2. The second-order valence-electron chi connectivity index (χ2n) is 5.29. The molecule has 23 heavy (non-hydrogen) atoms. The fourth-order valence-electron chi connectivity index (χ4n) is 2.51. The number of aromatic nitrogens is 2. The van der Waals surface area contributed by atoms with Crippen LogP contribution in [0.3, 0.4) is 0 Å². The van der Waals surface area contributed by atoms with E-state index in [9.17, 15) is 9.18 Å². The molecule has 0 radical (unpaired) electrons. The lowest BCUT2D eigenvalue weighted by Crippen LogP contribution is -2.50. The molecule has 1 aromatic carbocycles. The number of ether oxygens (including phenoxy) is 1. The maximum atomic E-state index is 12.9. The van der Waals surface area contributed by atoms with Gasteiger partial charge in [0.25, 0.3) is 0 Å². The fourth-order valence-corrected chi connectivity index (χ4v) is 2.51. The molecule has 120 valence electrons. The zero-order valence-electron chi connectivity index (χ0n) is 12.8. The molecular weight excluding hydrogens is 299 g/mol. The molecule has 1 saturated heterocycles. The van der Waals surface area contributed by atoms with Crippen molar-refractivity contribution in [2.75, 3.05) is 31.6 Å². The topological polar surface area (TPSA) is 58.6 Å². The van der Waals surface area contributed by atoms with Gasteiger partial charge in [0.15, 0.2) is 5.82 Å². The van der Waals surface area contributed by atoms with E-state index in [1.807, 2.05) is 24.3 Å². The lowest BCUT2D eigenvalue weighted by Gasteiger charge is -2.34. The van der Waals surface area contributed by atoms with E-state index in [0.29, 0.717) is 25.6 Å². The van der Waals surface area contributed by atoms with Crippen LogP contribution in [-0.2, 0) is 11.3 Å². The second-order valence-corrected chi connectivity index (χ2v) is 5.29. The normalized spacial score (nSPS) is 15.0. The Bertz CT molecular complexity index is 693. The van der Waals surface area contributed by atoms with Gasteiger partial charge in [0, 0.05) is 19.6 Å². The van der Waals surface area contributed by atoms with Gasteiger partial charge in [0.1, 0.15) is 12.3 Å². The van der Waals surface area contributed by atoms with Gasteiger partial charge < -0.3 is 14.5 Å². The molecule has 1 fully saturated rings. The minimum atomic E-state index is -0.489. The zero-order chi connectivity index (χ0) is 16.2. The van der Waals surface area contributed by atoms with Crippen LogP contribution in [0.4, 0.5) is 10.3 Å². The molecule has 1 amide bonds. The molecule has 0 saturated carbocycles. The molecule has 0 unspecified atom stereocenters. The highest BCUT2D eigenvalue weighted by molar-refractivity contribution is 5.82. The molecule has 1 aliphatic rings. The molecule has 7 heteroatoms. The van der Waals surface area contributed by atoms with Gasteiger partial charge in [-0.3, -0.25) is 4.79 Å². The van der Waals surface area contributed by atoms with Crippen molar-refractivity contribution in [2.45, 2.75) is 6.54 Å². The number of rotatable bonds is 4. The van der Waals surface area contributed by atoms with E-state index in [1.165, 1.54) is 0 Å². The average molecular weight is 316 g/mol. The Kier molecular flexibility index (Phi) is 4.36. The van der Waals surface area contributed by atoms with Crippen LogP contribution < -0.4 is 9.64 Å². The second kappa shape index (κ2) is 6.60. The van der Waals surface area contributed by atoms with Gasteiger partial charge >= 0.3 is 0 Å². The van der Waals surface area contributed by atoms with E-state index >= 15 is 0 Å². The van der Waals surface area contributed by atoms with Gasteiger partial charge in [-0.05, 0) is 17.7 Å². The molecule has 0 aliphatic carbocycles. The van der Waals surface area contributed by atoms with Crippen LogP contribution in [0.1, 0.15) is 5.56 Å². The van der Waals surface area contributed by atoms with Crippen molar-refractivity contribution in [2.24, 2.45) is 0 Å². The number of anilines is 1. The predicted molar refractivity (Wildman–Crippen MR) is 82.6 cm³/mol. The highest BCUT2D eigenvalue weighted by Crippen LogP contribution is 2.17. The van der Waals surface area contributed by atoms with Gasteiger partial charge in [-0.1, -0.05) is 12.1 Å². The van der Waals surface area contributed by atoms with Crippen LogP contribution in [0.5, 0.6) is 5.75 Å². The number of halogens is 1. The third-order valence-electron chi connectivity index (χ3n) is 3.72. The number of amides is 1. The summed E-state index contributed by atoms with van der Waals surface area (Å²) < 4.78 is 18.1. The van der Waals surface area contributed by atoms with Crippen LogP contribution in [-0.4, -0.2) is 47.5 Å². The first-order chi connectivity index (χ1) is 11.2. The Morgan fingerprint density at radius 3 is 2.74 bits per heavy atom.